The minimum absolute atomic E-state index is 0.129. The van der Waals surface area contributed by atoms with Gasteiger partial charge in [-0.1, -0.05) is 11.6 Å². The number of aryl methyl sites for hydroxylation is 2. The zero-order valence-corrected chi connectivity index (χ0v) is 13.7. The molecule has 0 unspecified atom stereocenters. The highest BCUT2D eigenvalue weighted by atomic mass is 35.5. The number of fused-ring (bicyclic) bond motifs is 1. The Balaban J connectivity index is 2.04. The Bertz CT molecular complexity index is 920. The molecule has 3 rings (SSSR count). The number of hydrogen-bond donors (Lipinski definition) is 0. The summed E-state index contributed by atoms with van der Waals surface area (Å²) in [5.74, 6) is 1.30. The zero-order valence-electron chi connectivity index (χ0n) is 13.0. The van der Waals surface area contributed by atoms with Crippen LogP contribution in [0.3, 0.4) is 0 Å². The van der Waals surface area contributed by atoms with Crippen LogP contribution in [-0.2, 0) is 0 Å². The molecular formula is C18H15ClO4. The molecule has 0 aliphatic rings. The Morgan fingerprint density at radius 1 is 1.04 bits per heavy atom. The summed E-state index contributed by atoms with van der Waals surface area (Å²) < 4.78 is 16.3. The predicted molar refractivity (Wildman–Crippen MR) is 90.0 cm³/mol. The zero-order chi connectivity index (χ0) is 16.6. The third-order valence-electron chi connectivity index (χ3n) is 3.59. The average molecular weight is 331 g/mol. The molecule has 0 fully saturated rings. The molecule has 0 amide bonds. The molecule has 118 valence electrons. The molecule has 0 spiro atoms. The SMILES string of the molecule is COc1ccc2c(=O)c(Oc3cc(C)c(Cl)c(C)c3)coc2c1. The van der Waals surface area contributed by atoms with E-state index in [1.165, 1.54) is 6.26 Å². The lowest BCUT2D eigenvalue weighted by Gasteiger charge is -2.09. The van der Waals surface area contributed by atoms with Crippen molar-refractivity contribution in [2.24, 2.45) is 0 Å². The van der Waals surface area contributed by atoms with Crippen LogP contribution in [0, 0.1) is 13.8 Å². The maximum absolute atomic E-state index is 12.5. The maximum Gasteiger partial charge on any atom is 0.235 e. The second kappa shape index (κ2) is 5.97. The summed E-state index contributed by atoms with van der Waals surface area (Å²) in [7, 11) is 1.56. The number of hydrogen-bond acceptors (Lipinski definition) is 4. The quantitative estimate of drug-likeness (QED) is 0.687. The van der Waals surface area contributed by atoms with E-state index in [-0.39, 0.29) is 11.2 Å². The van der Waals surface area contributed by atoms with Crippen molar-refractivity contribution in [2.75, 3.05) is 7.11 Å². The van der Waals surface area contributed by atoms with Crippen molar-refractivity contribution in [1.82, 2.24) is 0 Å². The standard InChI is InChI=1S/C18H15ClO4/c1-10-6-13(7-11(2)17(10)19)23-16-9-22-15-8-12(21-3)4-5-14(15)18(16)20/h4-9H,1-3H3. The van der Waals surface area contributed by atoms with E-state index in [4.69, 9.17) is 25.5 Å². The van der Waals surface area contributed by atoms with Crippen molar-refractivity contribution in [2.45, 2.75) is 13.8 Å². The summed E-state index contributed by atoms with van der Waals surface area (Å²) in [6.45, 7) is 3.77. The Hall–Kier alpha value is -2.46. The second-order valence-corrected chi connectivity index (χ2v) is 5.64. The van der Waals surface area contributed by atoms with Crippen molar-refractivity contribution in [1.29, 1.82) is 0 Å². The molecule has 1 heterocycles. The van der Waals surface area contributed by atoms with Crippen LogP contribution >= 0.6 is 11.6 Å². The summed E-state index contributed by atoms with van der Waals surface area (Å²) in [6, 6.07) is 8.60. The van der Waals surface area contributed by atoms with Gasteiger partial charge >= 0.3 is 0 Å². The molecule has 0 radical (unpaired) electrons. The fourth-order valence-corrected chi connectivity index (χ4v) is 2.49. The third-order valence-corrected chi connectivity index (χ3v) is 4.18. The predicted octanol–water partition coefficient (Wildman–Crippen LogP) is 4.86. The highest BCUT2D eigenvalue weighted by molar-refractivity contribution is 6.32. The van der Waals surface area contributed by atoms with Crippen molar-refractivity contribution in [3.63, 3.8) is 0 Å². The van der Waals surface area contributed by atoms with E-state index in [9.17, 15) is 4.79 Å². The highest BCUT2D eigenvalue weighted by Crippen LogP contribution is 2.29. The van der Waals surface area contributed by atoms with Gasteiger partial charge in [-0.05, 0) is 49.2 Å². The van der Waals surface area contributed by atoms with Crippen LogP contribution in [0.2, 0.25) is 5.02 Å². The summed E-state index contributed by atoms with van der Waals surface area (Å²) in [5.41, 5.74) is 1.98. The lowest BCUT2D eigenvalue weighted by Crippen LogP contribution is -2.05. The molecule has 0 N–H and O–H groups in total. The molecule has 0 saturated carbocycles. The van der Waals surface area contributed by atoms with Gasteiger partial charge in [0.2, 0.25) is 11.2 Å². The van der Waals surface area contributed by atoms with E-state index < -0.39 is 0 Å². The average Bonchev–Trinajstić information content (AvgIpc) is 2.54. The van der Waals surface area contributed by atoms with Gasteiger partial charge in [-0.3, -0.25) is 4.79 Å². The van der Waals surface area contributed by atoms with Gasteiger partial charge in [0.1, 0.15) is 23.3 Å². The number of rotatable bonds is 3. The molecule has 0 saturated heterocycles. The van der Waals surface area contributed by atoms with Crippen LogP contribution in [-0.4, -0.2) is 7.11 Å². The molecule has 5 heteroatoms. The lowest BCUT2D eigenvalue weighted by molar-refractivity contribution is 0.413. The van der Waals surface area contributed by atoms with E-state index in [1.54, 1.807) is 37.4 Å². The largest absolute Gasteiger partial charge is 0.497 e. The number of halogens is 1. The van der Waals surface area contributed by atoms with Gasteiger partial charge in [-0.25, -0.2) is 0 Å². The first kappa shape index (κ1) is 15.4. The number of ether oxygens (including phenoxy) is 2. The van der Waals surface area contributed by atoms with Crippen LogP contribution in [0.4, 0.5) is 0 Å². The van der Waals surface area contributed by atoms with Crippen LogP contribution in [0.5, 0.6) is 17.2 Å². The minimum atomic E-state index is -0.237. The Kier molecular flexibility index (Phi) is 4.01. The van der Waals surface area contributed by atoms with Crippen molar-refractivity contribution in [3.8, 4) is 17.2 Å². The second-order valence-electron chi connectivity index (χ2n) is 5.26. The monoisotopic (exact) mass is 330 g/mol. The van der Waals surface area contributed by atoms with Gasteiger partial charge in [0.15, 0.2) is 0 Å². The smallest absolute Gasteiger partial charge is 0.235 e. The summed E-state index contributed by atoms with van der Waals surface area (Å²) >= 11 is 6.14. The number of methoxy groups -OCH3 is 1. The van der Waals surface area contributed by atoms with E-state index >= 15 is 0 Å². The van der Waals surface area contributed by atoms with E-state index in [0.29, 0.717) is 27.5 Å². The van der Waals surface area contributed by atoms with Gasteiger partial charge in [0.25, 0.3) is 0 Å². The van der Waals surface area contributed by atoms with E-state index in [0.717, 1.165) is 11.1 Å². The highest BCUT2D eigenvalue weighted by Gasteiger charge is 2.11. The topological polar surface area (TPSA) is 48.7 Å². The molecule has 1 aromatic heterocycles. The lowest BCUT2D eigenvalue weighted by atomic mass is 10.1. The summed E-state index contributed by atoms with van der Waals surface area (Å²) in [5, 5.41) is 1.13. The summed E-state index contributed by atoms with van der Waals surface area (Å²) in [6.07, 6.45) is 1.31. The molecule has 0 aliphatic heterocycles. The van der Waals surface area contributed by atoms with E-state index in [1.807, 2.05) is 13.8 Å². The van der Waals surface area contributed by atoms with Gasteiger partial charge in [-0.15, -0.1) is 0 Å². The number of benzene rings is 2. The molecule has 0 bridgehead atoms. The Morgan fingerprint density at radius 2 is 1.74 bits per heavy atom. The van der Waals surface area contributed by atoms with Crippen LogP contribution in [0.1, 0.15) is 11.1 Å². The maximum atomic E-state index is 12.5. The van der Waals surface area contributed by atoms with Crippen LogP contribution < -0.4 is 14.9 Å². The first-order chi connectivity index (χ1) is 11.0. The van der Waals surface area contributed by atoms with Crippen molar-refractivity contribution in [3.05, 3.63) is 63.0 Å². The fourth-order valence-electron chi connectivity index (χ4n) is 2.38. The molecular weight excluding hydrogens is 316 g/mol. The normalized spacial score (nSPS) is 10.8. The fraction of sp³-hybridized carbons (Fsp3) is 0.167. The Labute approximate surface area is 138 Å². The van der Waals surface area contributed by atoms with Crippen LogP contribution in [0.25, 0.3) is 11.0 Å². The molecule has 0 atom stereocenters. The first-order valence-electron chi connectivity index (χ1n) is 7.03. The molecule has 0 aliphatic carbocycles. The van der Waals surface area contributed by atoms with Crippen LogP contribution in [0.15, 0.2) is 45.8 Å². The van der Waals surface area contributed by atoms with Gasteiger partial charge < -0.3 is 13.9 Å². The van der Waals surface area contributed by atoms with Gasteiger partial charge in [0, 0.05) is 11.1 Å². The first-order valence-corrected chi connectivity index (χ1v) is 7.41. The third kappa shape index (κ3) is 2.90. The summed E-state index contributed by atoms with van der Waals surface area (Å²) in [4.78, 5) is 12.5. The van der Waals surface area contributed by atoms with E-state index in [2.05, 4.69) is 0 Å². The molecule has 3 aromatic rings. The molecule has 23 heavy (non-hydrogen) atoms. The van der Waals surface area contributed by atoms with Crippen molar-refractivity contribution < 1.29 is 13.9 Å². The van der Waals surface area contributed by atoms with Gasteiger partial charge in [0.05, 0.1) is 12.5 Å². The minimum Gasteiger partial charge on any atom is -0.497 e. The Morgan fingerprint density at radius 3 is 2.39 bits per heavy atom. The van der Waals surface area contributed by atoms with Crippen molar-refractivity contribution >= 4 is 22.6 Å². The molecule has 2 aromatic carbocycles. The molecule has 4 nitrogen and oxygen atoms in total. The van der Waals surface area contributed by atoms with Gasteiger partial charge in [-0.2, -0.15) is 0 Å².